The second-order valence-corrected chi connectivity index (χ2v) is 12.7. The van der Waals surface area contributed by atoms with Crippen molar-refractivity contribution in [2.75, 3.05) is 41.0 Å². The molecule has 0 aromatic heterocycles. The van der Waals surface area contributed by atoms with Gasteiger partial charge in [0.05, 0.1) is 34.4 Å². The Kier molecular flexibility index (Phi) is 27.4. The van der Waals surface area contributed by atoms with Crippen LogP contribution < -0.4 is 0 Å². The van der Waals surface area contributed by atoms with Crippen molar-refractivity contribution < 1.29 is 38.2 Å². The third-order valence-electron chi connectivity index (χ3n) is 7.54. The average Bonchev–Trinajstić information content (AvgIpc) is 2.98. The number of carboxylic acid groups (broad SMARTS) is 1. The van der Waals surface area contributed by atoms with Crippen molar-refractivity contribution in [3.8, 4) is 0 Å². The zero-order valence-corrected chi connectivity index (χ0v) is 29.3. The van der Waals surface area contributed by atoms with E-state index in [1.54, 1.807) is 0 Å². The van der Waals surface area contributed by atoms with Crippen LogP contribution in [-0.4, -0.2) is 80.6 Å². The molecule has 45 heavy (non-hydrogen) atoms. The molecule has 1 N–H and O–H groups in total. The molecule has 0 fully saturated rings. The lowest BCUT2D eigenvalue weighted by atomic mass is 10.1. The van der Waals surface area contributed by atoms with Gasteiger partial charge < -0.3 is 23.8 Å². The monoisotopic (exact) mass is 636 g/mol. The summed E-state index contributed by atoms with van der Waals surface area (Å²) in [7, 11) is 5.49. The molecular weight excluding hydrogens is 570 g/mol. The number of quaternary nitrogens is 1. The topological polar surface area (TPSA) is 99.1 Å². The standard InChI is InChI=1S/C37H65NO7/c1-6-8-10-12-14-15-16-17-18-19-20-22-23-25-27-35(39)44-32-33(31-43-30-29-34(37(41)42)38(3,4)5)45-36(40)28-26-24-21-13-11-9-7-2/h8,10,14-15,21,24,33-34H,6-7,9,11-13,16-20,22-23,25-32H2,1-5H3/p+1/b10-8+,15-14+,24-21+. The van der Waals surface area contributed by atoms with E-state index in [4.69, 9.17) is 14.2 Å². The van der Waals surface area contributed by atoms with Gasteiger partial charge in [-0.25, -0.2) is 4.79 Å². The Labute approximate surface area is 274 Å². The molecule has 8 heteroatoms. The number of unbranched alkanes of at least 4 members (excludes halogenated alkanes) is 10. The Morgan fingerprint density at radius 3 is 1.93 bits per heavy atom. The highest BCUT2D eigenvalue weighted by molar-refractivity contribution is 5.72. The molecular formula is C37H66NO7+. The minimum atomic E-state index is -0.885. The number of ether oxygens (including phenoxy) is 3. The molecule has 2 unspecified atom stereocenters. The maximum atomic E-state index is 12.5. The van der Waals surface area contributed by atoms with Crippen LogP contribution in [0.15, 0.2) is 36.5 Å². The number of rotatable bonds is 30. The van der Waals surface area contributed by atoms with E-state index >= 15 is 0 Å². The first-order valence-electron chi connectivity index (χ1n) is 17.5. The van der Waals surface area contributed by atoms with Crippen LogP contribution in [-0.2, 0) is 28.6 Å². The highest BCUT2D eigenvalue weighted by atomic mass is 16.6. The lowest BCUT2D eigenvalue weighted by molar-refractivity contribution is -0.887. The molecule has 0 radical (unpaired) electrons. The van der Waals surface area contributed by atoms with Crippen LogP contribution in [0.4, 0.5) is 0 Å². The molecule has 0 amide bonds. The maximum Gasteiger partial charge on any atom is 0.362 e. The molecule has 0 rings (SSSR count). The van der Waals surface area contributed by atoms with Gasteiger partial charge in [-0.3, -0.25) is 9.59 Å². The van der Waals surface area contributed by atoms with Crippen molar-refractivity contribution in [1.82, 2.24) is 0 Å². The van der Waals surface area contributed by atoms with Crippen LogP contribution in [0.25, 0.3) is 0 Å². The lowest BCUT2D eigenvalue weighted by Crippen LogP contribution is -2.50. The van der Waals surface area contributed by atoms with Crippen LogP contribution in [0, 0.1) is 0 Å². The van der Waals surface area contributed by atoms with Gasteiger partial charge in [-0.15, -0.1) is 0 Å². The summed E-state index contributed by atoms with van der Waals surface area (Å²) in [6.45, 7) is 4.49. The van der Waals surface area contributed by atoms with Gasteiger partial charge in [0.2, 0.25) is 0 Å². The van der Waals surface area contributed by atoms with Crippen LogP contribution in [0.3, 0.4) is 0 Å². The number of likely N-dealkylation sites (N-methyl/N-ethyl adjacent to an activating group) is 1. The van der Waals surface area contributed by atoms with Crippen LogP contribution in [0.5, 0.6) is 0 Å². The number of nitrogens with zero attached hydrogens (tertiary/aromatic N) is 1. The number of hydrogen-bond donors (Lipinski definition) is 1. The molecule has 0 saturated carbocycles. The van der Waals surface area contributed by atoms with Crippen molar-refractivity contribution in [3.63, 3.8) is 0 Å². The van der Waals surface area contributed by atoms with Crippen LogP contribution >= 0.6 is 0 Å². The van der Waals surface area contributed by atoms with Gasteiger partial charge in [0.25, 0.3) is 0 Å². The summed E-state index contributed by atoms with van der Waals surface area (Å²) in [4.78, 5) is 36.5. The highest BCUT2D eigenvalue weighted by Gasteiger charge is 2.31. The van der Waals surface area contributed by atoms with Gasteiger partial charge in [-0.05, 0) is 51.4 Å². The van der Waals surface area contributed by atoms with Crippen molar-refractivity contribution in [2.45, 2.75) is 142 Å². The number of carbonyl (C=O) groups excluding carboxylic acids is 2. The van der Waals surface area contributed by atoms with Gasteiger partial charge >= 0.3 is 17.9 Å². The number of carboxylic acids is 1. The minimum absolute atomic E-state index is 0.0427. The lowest BCUT2D eigenvalue weighted by Gasteiger charge is -2.31. The Balaban J connectivity index is 4.42. The molecule has 260 valence electrons. The van der Waals surface area contributed by atoms with Crippen molar-refractivity contribution >= 4 is 17.9 Å². The van der Waals surface area contributed by atoms with Crippen LogP contribution in [0.1, 0.15) is 129 Å². The first-order chi connectivity index (χ1) is 21.6. The van der Waals surface area contributed by atoms with E-state index in [-0.39, 0.29) is 42.7 Å². The van der Waals surface area contributed by atoms with E-state index in [9.17, 15) is 19.5 Å². The van der Waals surface area contributed by atoms with E-state index in [1.807, 2.05) is 27.2 Å². The number of aliphatic carboxylic acids is 1. The number of allylic oxidation sites excluding steroid dienone is 6. The number of carbonyl (C=O) groups is 3. The first kappa shape index (κ1) is 42.6. The first-order valence-corrected chi connectivity index (χ1v) is 17.5. The van der Waals surface area contributed by atoms with Gasteiger partial charge in [-0.1, -0.05) is 95.2 Å². The Morgan fingerprint density at radius 2 is 1.29 bits per heavy atom. The average molecular weight is 637 g/mol. The summed E-state index contributed by atoms with van der Waals surface area (Å²) in [6.07, 6.45) is 29.3. The van der Waals surface area contributed by atoms with E-state index in [0.717, 1.165) is 51.4 Å². The minimum Gasteiger partial charge on any atom is -0.477 e. The van der Waals surface area contributed by atoms with Gasteiger partial charge in [0, 0.05) is 19.3 Å². The Bertz CT molecular complexity index is 844. The van der Waals surface area contributed by atoms with Gasteiger partial charge in [0.15, 0.2) is 12.1 Å². The maximum absolute atomic E-state index is 12.5. The second-order valence-electron chi connectivity index (χ2n) is 12.7. The van der Waals surface area contributed by atoms with Gasteiger partial charge in [0.1, 0.15) is 6.61 Å². The molecule has 0 aromatic rings. The molecule has 0 aromatic carbocycles. The number of esters is 2. The van der Waals surface area contributed by atoms with Crippen molar-refractivity contribution in [1.29, 1.82) is 0 Å². The number of hydrogen-bond acceptors (Lipinski definition) is 6. The molecule has 0 saturated heterocycles. The largest absolute Gasteiger partial charge is 0.477 e. The molecule has 2 atom stereocenters. The van der Waals surface area contributed by atoms with E-state index < -0.39 is 18.1 Å². The molecule has 0 heterocycles. The smallest absolute Gasteiger partial charge is 0.362 e. The Hall–Kier alpha value is -2.45. The summed E-state index contributed by atoms with van der Waals surface area (Å²) >= 11 is 0. The van der Waals surface area contributed by atoms with Crippen LogP contribution in [0.2, 0.25) is 0 Å². The van der Waals surface area contributed by atoms with Crippen molar-refractivity contribution in [2.24, 2.45) is 0 Å². The molecule has 8 nitrogen and oxygen atoms in total. The summed E-state index contributed by atoms with van der Waals surface area (Å²) in [5.41, 5.74) is 0. The summed E-state index contributed by atoms with van der Waals surface area (Å²) in [5.74, 6) is -1.56. The second kappa shape index (κ2) is 29.0. The summed E-state index contributed by atoms with van der Waals surface area (Å²) in [6, 6.07) is -0.618. The highest BCUT2D eigenvalue weighted by Crippen LogP contribution is 2.12. The summed E-state index contributed by atoms with van der Waals surface area (Å²) < 4.78 is 17.0. The quantitative estimate of drug-likeness (QED) is 0.0366. The fraction of sp³-hybridized carbons (Fsp3) is 0.757. The predicted octanol–water partition coefficient (Wildman–Crippen LogP) is 8.35. The van der Waals surface area contributed by atoms with E-state index in [2.05, 4.69) is 44.2 Å². The zero-order valence-electron chi connectivity index (χ0n) is 29.3. The van der Waals surface area contributed by atoms with Crippen molar-refractivity contribution in [3.05, 3.63) is 36.5 Å². The fourth-order valence-corrected chi connectivity index (χ4v) is 4.79. The summed E-state index contributed by atoms with van der Waals surface area (Å²) in [5, 5.41) is 9.54. The molecule has 0 aliphatic heterocycles. The molecule has 0 aliphatic carbocycles. The predicted molar refractivity (Wildman–Crippen MR) is 183 cm³/mol. The molecule has 0 aliphatic rings. The van der Waals surface area contributed by atoms with E-state index in [1.165, 1.54) is 38.5 Å². The van der Waals surface area contributed by atoms with Gasteiger partial charge in [-0.2, -0.15) is 0 Å². The fourth-order valence-electron chi connectivity index (χ4n) is 4.79. The normalized spacial score (nSPS) is 13.5. The third-order valence-corrected chi connectivity index (χ3v) is 7.54. The third kappa shape index (κ3) is 27.6. The Morgan fingerprint density at radius 1 is 0.689 bits per heavy atom. The molecule has 0 bridgehead atoms. The zero-order chi connectivity index (χ0) is 33.6. The molecule has 0 spiro atoms. The van der Waals surface area contributed by atoms with E-state index in [0.29, 0.717) is 19.3 Å². The SMILES string of the molecule is CC/C=C/C/C=C/CCCCCCCCCC(=O)OCC(COCCC(C(=O)O)[N+](C)(C)C)OC(=O)CC/C=C/CCCCC.